The number of hydrogen-bond donors (Lipinski definition) is 1. The van der Waals surface area contributed by atoms with E-state index in [4.69, 9.17) is 16.0 Å². The van der Waals surface area contributed by atoms with Crippen molar-refractivity contribution in [2.45, 2.75) is 19.2 Å². The zero-order chi connectivity index (χ0) is 14.5. The minimum atomic E-state index is -0.319. The van der Waals surface area contributed by atoms with Crippen LogP contribution < -0.4 is 5.32 Å². The number of alkyl halides is 1. The lowest BCUT2D eigenvalue weighted by molar-refractivity contribution is 0.0925. The standard InChI is InChI=1S/C15H15ClFNO2/c1-10-12(9-16)8-14(20-10)15(19)18-7-6-11-4-2-3-5-13(11)17/h2-5,8H,6-7,9H2,1H3,(H,18,19). The van der Waals surface area contributed by atoms with Crippen molar-refractivity contribution < 1.29 is 13.6 Å². The van der Waals surface area contributed by atoms with Crippen molar-refractivity contribution in [2.75, 3.05) is 6.54 Å². The Balaban J connectivity index is 1.91. The van der Waals surface area contributed by atoms with Crippen LogP contribution in [0.15, 0.2) is 34.7 Å². The third-order valence-corrected chi connectivity index (χ3v) is 3.31. The topological polar surface area (TPSA) is 42.2 Å². The number of aryl methyl sites for hydroxylation is 1. The van der Waals surface area contributed by atoms with Gasteiger partial charge in [0.05, 0.1) is 5.88 Å². The van der Waals surface area contributed by atoms with Crippen molar-refractivity contribution in [3.8, 4) is 0 Å². The van der Waals surface area contributed by atoms with Gasteiger partial charge in [-0.15, -0.1) is 11.6 Å². The molecule has 0 aliphatic carbocycles. The van der Waals surface area contributed by atoms with E-state index < -0.39 is 0 Å². The molecule has 0 saturated carbocycles. The van der Waals surface area contributed by atoms with Gasteiger partial charge in [-0.3, -0.25) is 4.79 Å². The first-order valence-corrected chi connectivity index (χ1v) is 6.82. The molecule has 5 heteroatoms. The van der Waals surface area contributed by atoms with Crippen LogP contribution in [0.2, 0.25) is 0 Å². The summed E-state index contributed by atoms with van der Waals surface area (Å²) in [6.07, 6.45) is 0.431. The molecule has 0 atom stereocenters. The summed E-state index contributed by atoms with van der Waals surface area (Å²) >= 11 is 5.72. The largest absolute Gasteiger partial charge is 0.456 e. The number of carbonyl (C=O) groups is 1. The number of hydrogen-bond acceptors (Lipinski definition) is 2. The van der Waals surface area contributed by atoms with Crippen LogP contribution in [0.3, 0.4) is 0 Å². The summed E-state index contributed by atoms with van der Waals surface area (Å²) in [5.74, 6) is 0.587. The highest BCUT2D eigenvalue weighted by Gasteiger charge is 2.13. The number of benzene rings is 1. The van der Waals surface area contributed by atoms with E-state index in [-0.39, 0.29) is 17.5 Å². The van der Waals surface area contributed by atoms with Gasteiger partial charge in [0.2, 0.25) is 0 Å². The van der Waals surface area contributed by atoms with Crippen molar-refractivity contribution in [2.24, 2.45) is 0 Å². The smallest absolute Gasteiger partial charge is 0.287 e. The maximum atomic E-state index is 13.4. The predicted molar refractivity (Wildman–Crippen MR) is 75.4 cm³/mol. The normalized spacial score (nSPS) is 10.6. The fraction of sp³-hybridized carbons (Fsp3) is 0.267. The number of amides is 1. The lowest BCUT2D eigenvalue weighted by Crippen LogP contribution is -2.25. The molecule has 2 aromatic rings. The minimum Gasteiger partial charge on any atom is -0.456 e. The van der Waals surface area contributed by atoms with E-state index in [1.165, 1.54) is 6.07 Å². The molecule has 106 valence electrons. The molecule has 0 radical (unpaired) electrons. The number of nitrogens with one attached hydrogen (secondary N) is 1. The average molecular weight is 296 g/mol. The molecule has 2 rings (SSSR count). The quantitative estimate of drug-likeness (QED) is 0.859. The van der Waals surface area contributed by atoms with Crippen LogP contribution in [0.25, 0.3) is 0 Å². The molecule has 20 heavy (non-hydrogen) atoms. The van der Waals surface area contributed by atoms with E-state index >= 15 is 0 Å². The number of rotatable bonds is 5. The number of furan rings is 1. The lowest BCUT2D eigenvalue weighted by atomic mass is 10.1. The number of halogens is 2. The van der Waals surface area contributed by atoms with E-state index in [2.05, 4.69) is 5.32 Å². The molecule has 0 fully saturated rings. The van der Waals surface area contributed by atoms with Crippen molar-refractivity contribution in [3.63, 3.8) is 0 Å². The van der Waals surface area contributed by atoms with Crippen molar-refractivity contribution in [1.29, 1.82) is 0 Å². The summed E-state index contributed by atoms with van der Waals surface area (Å²) in [5.41, 5.74) is 1.37. The molecule has 0 saturated heterocycles. The molecule has 1 heterocycles. The third-order valence-electron chi connectivity index (χ3n) is 3.03. The molecular formula is C15H15ClFNO2. The first kappa shape index (κ1) is 14.6. The van der Waals surface area contributed by atoms with Crippen LogP contribution in [0.1, 0.15) is 27.4 Å². The fourth-order valence-electron chi connectivity index (χ4n) is 1.86. The maximum absolute atomic E-state index is 13.4. The Labute approximate surface area is 121 Å². The molecule has 0 unspecified atom stereocenters. The zero-order valence-electron chi connectivity index (χ0n) is 11.1. The lowest BCUT2D eigenvalue weighted by Gasteiger charge is -2.04. The molecule has 0 aliphatic heterocycles. The predicted octanol–water partition coefficient (Wildman–Crippen LogP) is 3.44. The highest BCUT2D eigenvalue weighted by atomic mass is 35.5. The van der Waals surface area contributed by atoms with E-state index in [1.807, 2.05) is 0 Å². The Morgan fingerprint density at radius 1 is 1.35 bits per heavy atom. The Kier molecular flexibility index (Phi) is 4.79. The fourth-order valence-corrected chi connectivity index (χ4v) is 2.13. The van der Waals surface area contributed by atoms with E-state index in [0.29, 0.717) is 30.2 Å². The minimum absolute atomic E-state index is 0.228. The Morgan fingerprint density at radius 2 is 2.10 bits per heavy atom. The first-order chi connectivity index (χ1) is 9.61. The average Bonchev–Trinajstić information content (AvgIpc) is 2.82. The summed E-state index contributed by atoms with van der Waals surface area (Å²) in [6, 6.07) is 8.13. The van der Waals surface area contributed by atoms with Gasteiger partial charge in [-0.05, 0) is 31.0 Å². The summed E-state index contributed by atoms with van der Waals surface area (Å²) in [7, 11) is 0. The Morgan fingerprint density at radius 3 is 2.75 bits per heavy atom. The number of carbonyl (C=O) groups excluding carboxylic acids is 1. The summed E-state index contributed by atoms with van der Waals surface area (Å²) < 4.78 is 18.7. The molecular weight excluding hydrogens is 281 g/mol. The molecule has 0 aliphatic rings. The van der Waals surface area contributed by atoms with Crippen molar-refractivity contribution in [3.05, 3.63) is 58.8 Å². The molecule has 1 aromatic heterocycles. The van der Waals surface area contributed by atoms with Crippen LogP contribution in [0.4, 0.5) is 4.39 Å². The highest BCUT2D eigenvalue weighted by Crippen LogP contribution is 2.16. The van der Waals surface area contributed by atoms with Crippen LogP contribution in [-0.2, 0) is 12.3 Å². The second kappa shape index (κ2) is 6.57. The second-order valence-electron chi connectivity index (χ2n) is 4.42. The van der Waals surface area contributed by atoms with Crippen LogP contribution in [0.5, 0.6) is 0 Å². The van der Waals surface area contributed by atoms with Crippen LogP contribution in [-0.4, -0.2) is 12.5 Å². The molecule has 1 aromatic carbocycles. The van der Waals surface area contributed by atoms with E-state index in [9.17, 15) is 9.18 Å². The maximum Gasteiger partial charge on any atom is 0.287 e. The Bertz CT molecular complexity index is 610. The van der Waals surface area contributed by atoms with Gasteiger partial charge in [0, 0.05) is 12.1 Å². The van der Waals surface area contributed by atoms with E-state index in [0.717, 1.165) is 5.56 Å². The first-order valence-electron chi connectivity index (χ1n) is 6.28. The van der Waals surface area contributed by atoms with Crippen molar-refractivity contribution >= 4 is 17.5 Å². The van der Waals surface area contributed by atoms with Gasteiger partial charge < -0.3 is 9.73 Å². The van der Waals surface area contributed by atoms with E-state index in [1.54, 1.807) is 31.2 Å². The van der Waals surface area contributed by atoms with Gasteiger partial charge >= 0.3 is 0 Å². The summed E-state index contributed by atoms with van der Waals surface area (Å²) in [4.78, 5) is 11.9. The molecule has 1 N–H and O–H groups in total. The molecule has 0 spiro atoms. The highest BCUT2D eigenvalue weighted by molar-refractivity contribution is 6.17. The molecule has 1 amide bonds. The van der Waals surface area contributed by atoms with Gasteiger partial charge in [0.15, 0.2) is 5.76 Å². The van der Waals surface area contributed by atoms with Gasteiger partial charge in [-0.2, -0.15) is 0 Å². The van der Waals surface area contributed by atoms with Gasteiger partial charge in [-0.25, -0.2) is 4.39 Å². The SMILES string of the molecule is Cc1oc(C(=O)NCCc2ccccc2F)cc1CCl. The second-order valence-corrected chi connectivity index (χ2v) is 4.69. The zero-order valence-corrected chi connectivity index (χ0v) is 11.8. The van der Waals surface area contributed by atoms with Crippen LogP contribution in [0, 0.1) is 12.7 Å². The third kappa shape index (κ3) is 3.39. The summed E-state index contributed by atoms with van der Waals surface area (Å²) in [6.45, 7) is 2.10. The monoisotopic (exact) mass is 295 g/mol. The van der Waals surface area contributed by atoms with Gasteiger partial charge in [0.25, 0.3) is 5.91 Å². The molecule has 0 bridgehead atoms. The van der Waals surface area contributed by atoms with Crippen LogP contribution >= 0.6 is 11.6 Å². The molecule has 3 nitrogen and oxygen atoms in total. The summed E-state index contributed by atoms with van der Waals surface area (Å²) in [5, 5.41) is 2.70. The van der Waals surface area contributed by atoms with Gasteiger partial charge in [-0.1, -0.05) is 18.2 Å². The van der Waals surface area contributed by atoms with Crippen molar-refractivity contribution in [1.82, 2.24) is 5.32 Å². The Hall–Kier alpha value is -1.81. The van der Waals surface area contributed by atoms with Gasteiger partial charge in [0.1, 0.15) is 11.6 Å².